The van der Waals surface area contributed by atoms with Crippen LogP contribution in [0.4, 0.5) is 4.39 Å². The van der Waals surface area contributed by atoms with Crippen LogP contribution in [-0.2, 0) is 6.61 Å². The lowest BCUT2D eigenvalue weighted by atomic mass is 10.3. The van der Waals surface area contributed by atoms with Crippen molar-refractivity contribution in [2.24, 2.45) is 0 Å². The number of unbranched alkanes of at least 4 members (excludes halogenated alkanes) is 2. The molecule has 1 aromatic carbocycles. The van der Waals surface area contributed by atoms with Gasteiger partial charge < -0.3 is 14.2 Å². The minimum absolute atomic E-state index is 0.220. The Bertz CT molecular complexity index is 635. The third-order valence-corrected chi connectivity index (χ3v) is 3.47. The van der Waals surface area contributed by atoms with E-state index < -0.39 is 0 Å². The first-order chi connectivity index (χ1) is 12.2. The SMILES string of the molecule is CCCCOc1cc(COc2ccc(F)cc2)nnc1OCCCC. The molecular formula is C19H25FN2O3. The van der Waals surface area contributed by atoms with E-state index in [0.717, 1.165) is 25.7 Å². The molecule has 0 bridgehead atoms. The maximum absolute atomic E-state index is 12.9. The van der Waals surface area contributed by atoms with E-state index in [-0.39, 0.29) is 12.4 Å². The van der Waals surface area contributed by atoms with Crippen LogP contribution >= 0.6 is 0 Å². The zero-order valence-electron chi connectivity index (χ0n) is 14.8. The molecule has 0 spiro atoms. The molecule has 0 saturated carbocycles. The number of nitrogens with zero attached hydrogens (tertiary/aromatic N) is 2. The van der Waals surface area contributed by atoms with Gasteiger partial charge in [-0.2, -0.15) is 0 Å². The van der Waals surface area contributed by atoms with Gasteiger partial charge in [0.1, 0.15) is 23.9 Å². The van der Waals surface area contributed by atoms with E-state index in [2.05, 4.69) is 24.0 Å². The summed E-state index contributed by atoms with van der Waals surface area (Å²) in [6.45, 7) is 5.61. The second-order valence-corrected chi connectivity index (χ2v) is 5.65. The summed E-state index contributed by atoms with van der Waals surface area (Å²) >= 11 is 0. The number of hydrogen-bond acceptors (Lipinski definition) is 5. The van der Waals surface area contributed by atoms with E-state index in [1.165, 1.54) is 12.1 Å². The lowest BCUT2D eigenvalue weighted by Gasteiger charge is -2.12. The largest absolute Gasteiger partial charge is 0.488 e. The van der Waals surface area contributed by atoms with Gasteiger partial charge in [-0.15, -0.1) is 10.2 Å². The fourth-order valence-electron chi connectivity index (χ4n) is 2.00. The summed E-state index contributed by atoms with van der Waals surface area (Å²) in [6, 6.07) is 7.64. The highest BCUT2D eigenvalue weighted by Crippen LogP contribution is 2.25. The Morgan fingerprint density at radius 3 is 2.24 bits per heavy atom. The van der Waals surface area contributed by atoms with Gasteiger partial charge in [0.25, 0.3) is 5.88 Å². The predicted octanol–water partition coefficient (Wildman–Crippen LogP) is 4.55. The van der Waals surface area contributed by atoms with E-state index in [0.29, 0.717) is 36.3 Å². The highest BCUT2D eigenvalue weighted by molar-refractivity contribution is 5.33. The lowest BCUT2D eigenvalue weighted by molar-refractivity contribution is 0.246. The van der Waals surface area contributed by atoms with Gasteiger partial charge >= 0.3 is 0 Å². The molecule has 2 aromatic rings. The fourth-order valence-corrected chi connectivity index (χ4v) is 2.00. The lowest BCUT2D eigenvalue weighted by Crippen LogP contribution is -2.07. The van der Waals surface area contributed by atoms with Crippen LogP contribution in [0.5, 0.6) is 17.4 Å². The number of aromatic nitrogens is 2. The number of ether oxygens (including phenoxy) is 3. The van der Waals surface area contributed by atoms with Gasteiger partial charge in [0.05, 0.1) is 13.2 Å². The third-order valence-electron chi connectivity index (χ3n) is 3.47. The molecule has 0 aliphatic carbocycles. The first-order valence-electron chi connectivity index (χ1n) is 8.73. The molecule has 1 aromatic heterocycles. The molecule has 0 fully saturated rings. The molecule has 2 rings (SSSR count). The maximum Gasteiger partial charge on any atom is 0.276 e. The van der Waals surface area contributed by atoms with Crippen molar-refractivity contribution in [1.82, 2.24) is 10.2 Å². The van der Waals surface area contributed by atoms with Gasteiger partial charge in [-0.25, -0.2) is 4.39 Å². The van der Waals surface area contributed by atoms with Crippen molar-refractivity contribution in [2.75, 3.05) is 13.2 Å². The minimum atomic E-state index is -0.299. The highest BCUT2D eigenvalue weighted by atomic mass is 19.1. The van der Waals surface area contributed by atoms with Crippen molar-refractivity contribution in [1.29, 1.82) is 0 Å². The summed E-state index contributed by atoms with van der Waals surface area (Å²) in [5.41, 5.74) is 0.624. The molecule has 0 atom stereocenters. The van der Waals surface area contributed by atoms with E-state index >= 15 is 0 Å². The average molecular weight is 348 g/mol. The van der Waals surface area contributed by atoms with Crippen LogP contribution in [0.3, 0.4) is 0 Å². The molecule has 0 unspecified atom stereocenters. The van der Waals surface area contributed by atoms with Crippen molar-refractivity contribution in [3.8, 4) is 17.4 Å². The maximum atomic E-state index is 12.9. The molecule has 6 heteroatoms. The number of benzene rings is 1. The molecule has 25 heavy (non-hydrogen) atoms. The Kier molecular flexibility index (Phi) is 7.95. The van der Waals surface area contributed by atoms with Crippen molar-refractivity contribution in [2.45, 2.75) is 46.1 Å². The summed E-state index contributed by atoms with van der Waals surface area (Å²) in [6.07, 6.45) is 4.00. The van der Waals surface area contributed by atoms with Crippen LogP contribution in [0.15, 0.2) is 30.3 Å². The average Bonchev–Trinajstić information content (AvgIpc) is 2.63. The Balaban J connectivity index is 2.01. The topological polar surface area (TPSA) is 53.5 Å². The minimum Gasteiger partial charge on any atom is -0.488 e. The predicted molar refractivity (Wildman–Crippen MR) is 93.6 cm³/mol. The monoisotopic (exact) mass is 348 g/mol. The van der Waals surface area contributed by atoms with E-state index in [4.69, 9.17) is 14.2 Å². The summed E-state index contributed by atoms with van der Waals surface area (Å²) in [5.74, 6) is 1.26. The van der Waals surface area contributed by atoms with Gasteiger partial charge in [-0.05, 0) is 37.1 Å². The summed E-state index contributed by atoms with van der Waals surface area (Å²) < 4.78 is 30.0. The molecule has 0 N–H and O–H groups in total. The second-order valence-electron chi connectivity index (χ2n) is 5.65. The molecule has 0 radical (unpaired) electrons. The Morgan fingerprint density at radius 2 is 1.56 bits per heavy atom. The summed E-state index contributed by atoms with van der Waals surface area (Å²) in [4.78, 5) is 0. The van der Waals surface area contributed by atoms with Crippen molar-refractivity contribution >= 4 is 0 Å². The molecule has 1 heterocycles. The first-order valence-corrected chi connectivity index (χ1v) is 8.73. The van der Waals surface area contributed by atoms with Crippen LogP contribution in [0, 0.1) is 5.82 Å². The van der Waals surface area contributed by atoms with Gasteiger partial charge in [0, 0.05) is 6.07 Å². The first kappa shape index (κ1) is 19.0. The smallest absolute Gasteiger partial charge is 0.276 e. The van der Waals surface area contributed by atoms with E-state index in [1.54, 1.807) is 18.2 Å². The van der Waals surface area contributed by atoms with Gasteiger partial charge in [-0.1, -0.05) is 26.7 Å². The van der Waals surface area contributed by atoms with Crippen LogP contribution < -0.4 is 14.2 Å². The standard InChI is InChI=1S/C19H25FN2O3/c1-3-5-11-23-18-13-16(21-22-19(18)24-12-6-4-2)14-25-17-9-7-15(20)8-10-17/h7-10,13H,3-6,11-12,14H2,1-2H3. The van der Waals surface area contributed by atoms with E-state index in [9.17, 15) is 4.39 Å². The van der Waals surface area contributed by atoms with Crippen LogP contribution in [0.2, 0.25) is 0 Å². The second kappa shape index (κ2) is 10.5. The molecule has 0 aliphatic heterocycles. The van der Waals surface area contributed by atoms with Crippen LogP contribution in [0.1, 0.15) is 45.2 Å². The quantitative estimate of drug-likeness (QED) is 0.558. The Morgan fingerprint density at radius 1 is 0.880 bits per heavy atom. The van der Waals surface area contributed by atoms with Gasteiger partial charge in [0.15, 0.2) is 5.75 Å². The van der Waals surface area contributed by atoms with Gasteiger partial charge in [-0.3, -0.25) is 0 Å². The zero-order valence-corrected chi connectivity index (χ0v) is 14.8. The molecular weight excluding hydrogens is 323 g/mol. The van der Waals surface area contributed by atoms with Crippen molar-refractivity contribution < 1.29 is 18.6 Å². The van der Waals surface area contributed by atoms with Gasteiger partial charge in [0.2, 0.25) is 0 Å². The third kappa shape index (κ3) is 6.57. The number of hydrogen-bond donors (Lipinski definition) is 0. The van der Waals surface area contributed by atoms with Crippen molar-refractivity contribution in [3.05, 3.63) is 41.8 Å². The molecule has 136 valence electrons. The normalized spacial score (nSPS) is 10.5. The van der Waals surface area contributed by atoms with Crippen LogP contribution in [0.25, 0.3) is 0 Å². The van der Waals surface area contributed by atoms with Crippen LogP contribution in [-0.4, -0.2) is 23.4 Å². The molecule has 5 nitrogen and oxygen atoms in total. The molecule has 0 aliphatic rings. The summed E-state index contributed by atoms with van der Waals surface area (Å²) in [7, 11) is 0. The number of rotatable bonds is 11. The Labute approximate surface area is 148 Å². The van der Waals surface area contributed by atoms with E-state index in [1.807, 2.05) is 0 Å². The molecule has 0 saturated heterocycles. The number of halogens is 1. The Hall–Kier alpha value is -2.37. The molecule has 0 amide bonds. The fraction of sp³-hybridized carbons (Fsp3) is 0.474. The highest BCUT2D eigenvalue weighted by Gasteiger charge is 2.11. The summed E-state index contributed by atoms with van der Waals surface area (Å²) in [5, 5.41) is 8.24. The zero-order chi connectivity index (χ0) is 17.9. The van der Waals surface area contributed by atoms with Crippen molar-refractivity contribution in [3.63, 3.8) is 0 Å².